The molecular weight excluding hydrogens is 564 g/mol. The summed E-state index contributed by atoms with van der Waals surface area (Å²) in [4.78, 5) is 22.9. The van der Waals surface area contributed by atoms with Gasteiger partial charge in [-0.3, -0.25) is 4.90 Å². The summed E-state index contributed by atoms with van der Waals surface area (Å²) in [6, 6.07) is 15.5. The lowest BCUT2D eigenvalue weighted by molar-refractivity contribution is 0.0671. The topological polar surface area (TPSA) is 110 Å². The number of piperazine rings is 1. The number of benzene rings is 2. The van der Waals surface area contributed by atoms with E-state index in [0.29, 0.717) is 24.3 Å². The van der Waals surface area contributed by atoms with Gasteiger partial charge >= 0.3 is 0 Å². The van der Waals surface area contributed by atoms with Gasteiger partial charge in [0.15, 0.2) is 0 Å². The Morgan fingerprint density at radius 3 is 2.56 bits per heavy atom. The minimum Gasteiger partial charge on any atom is -0.496 e. The van der Waals surface area contributed by atoms with E-state index in [1.807, 2.05) is 18.2 Å². The van der Waals surface area contributed by atoms with Crippen molar-refractivity contribution in [2.45, 2.75) is 50.6 Å². The van der Waals surface area contributed by atoms with Crippen molar-refractivity contribution >= 4 is 27.9 Å². The van der Waals surface area contributed by atoms with Crippen LogP contribution in [0.25, 0.3) is 33.2 Å². The summed E-state index contributed by atoms with van der Waals surface area (Å²) in [6.45, 7) is 6.64. The van der Waals surface area contributed by atoms with Crippen molar-refractivity contribution < 1.29 is 9.47 Å². The number of anilines is 1. The van der Waals surface area contributed by atoms with E-state index in [9.17, 15) is 0 Å². The van der Waals surface area contributed by atoms with Crippen molar-refractivity contribution in [2.75, 3.05) is 59.3 Å². The summed E-state index contributed by atoms with van der Waals surface area (Å²) in [5.74, 6) is 2.29. The van der Waals surface area contributed by atoms with Crippen LogP contribution >= 0.6 is 0 Å². The molecule has 10 nitrogen and oxygen atoms in total. The Kier molecular flexibility index (Phi) is 8.69. The van der Waals surface area contributed by atoms with Gasteiger partial charge in [0.1, 0.15) is 29.4 Å². The van der Waals surface area contributed by atoms with E-state index in [2.05, 4.69) is 54.8 Å². The molecule has 3 aromatic heterocycles. The van der Waals surface area contributed by atoms with E-state index in [1.165, 1.54) is 25.9 Å². The van der Waals surface area contributed by atoms with Crippen LogP contribution in [0.3, 0.4) is 0 Å². The van der Waals surface area contributed by atoms with Crippen molar-refractivity contribution in [1.29, 1.82) is 0 Å². The van der Waals surface area contributed by atoms with Gasteiger partial charge in [0, 0.05) is 82.3 Å². The number of H-pyrrole nitrogens is 1. The molecular formula is C35H44N8O2. The first-order valence-corrected chi connectivity index (χ1v) is 16.3. The number of para-hydroxylation sites is 1. The third kappa shape index (κ3) is 6.14. The lowest BCUT2D eigenvalue weighted by Gasteiger charge is -2.42. The standard InChI is InChI=1S/C35H44N8O2/c1-44-19-5-14-41-15-17-42(18-16-41)26-9-11-27(12-10-26)43-22-28(33-34(36)37-23-38-35(33)43)24-8-13-29-30(20-24)40-32(39-29)21-25-6-3-4-7-31(25)45-2/h3-4,6-8,13,20,22-23,26-27H,5,9-12,14-19,21H2,1-2H3,(H,39,40)(H2,36,37,38)/t26-,27-. The van der Waals surface area contributed by atoms with Crippen molar-refractivity contribution in [3.8, 4) is 16.9 Å². The SMILES string of the molecule is COCCCN1CCN([C@H]2CC[C@H](n3cc(-c4ccc5[nH]c(Cc6ccccc6OC)nc5c4)c4c(N)ncnc43)CC2)CC1. The number of aromatic nitrogens is 5. The Bertz CT molecular complexity index is 1750. The van der Waals surface area contributed by atoms with Gasteiger partial charge in [-0.15, -0.1) is 0 Å². The summed E-state index contributed by atoms with van der Waals surface area (Å²) < 4.78 is 13.2. The molecule has 0 unspecified atom stereocenters. The Hall–Kier alpha value is -3.99. The molecule has 10 heteroatoms. The monoisotopic (exact) mass is 608 g/mol. The zero-order chi connectivity index (χ0) is 30.8. The van der Waals surface area contributed by atoms with E-state index >= 15 is 0 Å². The third-order valence-electron chi connectivity index (χ3n) is 9.84. The molecule has 0 spiro atoms. The molecule has 0 amide bonds. The first kappa shape index (κ1) is 29.7. The van der Waals surface area contributed by atoms with E-state index < -0.39 is 0 Å². The summed E-state index contributed by atoms with van der Waals surface area (Å²) in [5, 5.41) is 0.924. The van der Waals surface area contributed by atoms with Crippen LogP contribution in [0.15, 0.2) is 55.0 Å². The Morgan fingerprint density at radius 2 is 1.76 bits per heavy atom. The van der Waals surface area contributed by atoms with Crippen molar-refractivity contribution in [3.63, 3.8) is 0 Å². The third-order valence-corrected chi connectivity index (χ3v) is 9.84. The number of fused-ring (bicyclic) bond motifs is 2. The van der Waals surface area contributed by atoms with Gasteiger partial charge in [0.05, 0.1) is 23.5 Å². The van der Waals surface area contributed by atoms with Crippen LogP contribution in [0.4, 0.5) is 5.82 Å². The number of nitrogens with zero attached hydrogens (tertiary/aromatic N) is 6. The van der Waals surface area contributed by atoms with Gasteiger partial charge in [-0.05, 0) is 55.9 Å². The van der Waals surface area contributed by atoms with E-state index in [4.69, 9.17) is 25.2 Å². The van der Waals surface area contributed by atoms with Gasteiger partial charge in [0.2, 0.25) is 0 Å². The highest BCUT2D eigenvalue weighted by Gasteiger charge is 2.30. The number of ether oxygens (including phenoxy) is 2. The van der Waals surface area contributed by atoms with Crippen molar-refractivity contribution in [1.82, 2.24) is 34.3 Å². The predicted molar refractivity (Wildman–Crippen MR) is 179 cm³/mol. The lowest BCUT2D eigenvalue weighted by atomic mass is 9.89. The Labute approximate surface area is 264 Å². The van der Waals surface area contributed by atoms with Gasteiger partial charge in [-0.2, -0.15) is 0 Å². The van der Waals surface area contributed by atoms with Crippen LogP contribution < -0.4 is 10.5 Å². The molecule has 1 aliphatic carbocycles. The van der Waals surface area contributed by atoms with E-state index in [0.717, 1.165) is 95.8 Å². The number of hydrogen-bond acceptors (Lipinski definition) is 8. The zero-order valence-electron chi connectivity index (χ0n) is 26.4. The minimum atomic E-state index is 0.392. The molecule has 0 radical (unpaired) electrons. The fourth-order valence-electron chi connectivity index (χ4n) is 7.43. The highest BCUT2D eigenvalue weighted by atomic mass is 16.5. The molecule has 1 aliphatic heterocycles. The van der Waals surface area contributed by atoms with Gasteiger partial charge in [-0.25, -0.2) is 15.0 Å². The molecule has 7 rings (SSSR count). The molecule has 5 aromatic rings. The highest BCUT2D eigenvalue weighted by Crippen LogP contribution is 2.39. The van der Waals surface area contributed by atoms with Crippen molar-refractivity contribution in [3.05, 3.63) is 66.4 Å². The summed E-state index contributed by atoms with van der Waals surface area (Å²) in [5.41, 5.74) is 12.6. The normalized spacial score (nSPS) is 19.9. The lowest BCUT2D eigenvalue weighted by Crippen LogP contribution is -2.51. The fraction of sp³-hybridized carbons (Fsp3) is 0.457. The molecule has 2 fully saturated rings. The maximum Gasteiger partial charge on any atom is 0.146 e. The smallest absolute Gasteiger partial charge is 0.146 e. The molecule has 2 aliphatic rings. The molecule has 1 saturated heterocycles. The summed E-state index contributed by atoms with van der Waals surface area (Å²) in [7, 11) is 3.49. The maximum atomic E-state index is 6.52. The van der Waals surface area contributed by atoms with E-state index in [-0.39, 0.29) is 0 Å². The van der Waals surface area contributed by atoms with Crippen molar-refractivity contribution in [2.24, 2.45) is 0 Å². The number of nitrogens with one attached hydrogen (secondary N) is 1. The van der Waals surface area contributed by atoms with Crippen LogP contribution in [0.1, 0.15) is 49.5 Å². The summed E-state index contributed by atoms with van der Waals surface area (Å²) in [6.07, 6.45) is 10.3. The molecule has 45 heavy (non-hydrogen) atoms. The number of rotatable bonds is 10. The largest absolute Gasteiger partial charge is 0.496 e. The number of hydrogen-bond donors (Lipinski definition) is 2. The average Bonchev–Trinajstić information content (AvgIpc) is 3.67. The average molecular weight is 609 g/mol. The van der Waals surface area contributed by atoms with Crippen LogP contribution in [0, 0.1) is 0 Å². The molecule has 0 atom stereocenters. The summed E-state index contributed by atoms with van der Waals surface area (Å²) >= 11 is 0. The second-order valence-corrected chi connectivity index (χ2v) is 12.5. The molecule has 0 bridgehead atoms. The Balaban J connectivity index is 1.08. The molecule has 1 saturated carbocycles. The first-order valence-electron chi connectivity index (χ1n) is 16.3. The molecule has 4 heterocycles. The second kappa shape index (κ2) is 13.2. The maximum absolute atomic E-state index is 6.52. The minimum absolute atomic E-state index is 0.392. The van der Waals surface area contributed by atoms with Crippen LogP contribution in [-0.4, -0.2) is 93.9 Å². The molecule has 236 valence electrons. The highest BCUT2D eigenvalue weighted by molar-refractivity contribution is 6.01. The zero-order valence-corrected chi connectivity index (χ0v) is 26.4. The second-order valence-electron chi connectivity index (χ2n) is 12.5. The predicted octanol–water partition coefficient (Wildman–Crippen LogP) is 5.29. The van der Waals surface area contributed by atoms with E-state index in [1.54, 1.807) is 20.5 Å². The number of aromatic amines is 1. The van der Waals surface area contributed by atoms with Gasteiger partial charge in [-0.1, -0.05) is 24.3 Å². The fourth-order valence-corrected chi connectivity index (χ4v) is 7.43. The number of nitrogens with two attached hydrogens (primary N) is 1. The van der Waals surface area contributed by atoms with Gasteiger partial charge < -0.3 is 29.7 Å². The van der Waals surface area contributed by atoms with Crippen LogP contribution in [0.5, 0.6) is 5.75 Å². The molecule has 2 aromatic carbocycles. The first-order chi connectivity index (χ1) is 22.1. The molecule has 3 N–H and O–H groups in total. The van der Waals surface area contributed by atoms with Crippen LogP contribution in [0.2, 0.25) is 0 Å². The number of imidazole rings is 1. The van der Waals surface area contributed by atoms with Crippen LogP contribution in [-0.2, 0) is 11.2 Å². The Morgan fingerprint density at radius 1 is 0.956 bits per heavy atom. The number of methoxy groups -OCH3 is 2. The number of nitrogen functional groups attached to an aromatic ring is 1. The quantitative estimate of drug-likeness (QED) is 0.206. The van der Waals surface area contributed by atoms with Gasteiger partial charge in [0.25, 0.3) is 0 Å².